The molecule has 2 aromatic carbocycles. The number of carbonyl (C=O) groups excluding carboxylic acids is 1. The van der Waals surface area contributed by atoms with Gasteiger partial charge in [0.15, 0.2) is 9.84 Å². The Kier molecular flexibility index (Phi) is 7.04. The lowest BCUT2D eigenvalue weighted by Crippen LogP contribution is -2.14. The Bertz CT molecular complexity index is 1160. The highest BCUT2D eigenvalue weighted by atomic mass is 32.2. The van der Waals surface area contributed by atoms with Gasteiger partial charge in [-0.15, -0.1) is 0 Å². The zero-order valence-corrected chi connectivity index (χ0v) is 18.4. The molecule has 1 heterocycles. The zero-order chi connectivity index (χ0) is 22.4. The molecule has 1 N–H and O–H groups in total. The second-order valence-corrected chi connectivity index (χ2v) is 9.13. The van der Waals surface area contributed by atoms with Gasteiger partial charge in [0.25, 0.3) is 5.91 Å². The molecule has 7 nitrogen and oxygen atoms in total. The van der Waals surface area contributed by atoms with E-state index in [1.165, 1.54) is 43.1 Å². The first-order valence-corrected chi connectivity index (χ1v) is 11.3. The van der Waals surface area contributed by atoms with Crippen molar-refractivity contribution in [1.29, 1.82) is 0 Å². The minimum Gasteiger partial charge on any atom is -0.439 e. The molecule has 1 amide bonds. The molecule has 0 spiro atoms. The van der Waals surface area contributed by atoms with E-state index in [0.717, 1.165) is 5.56 Å². The minimum atomic E-state index is -3.44. The van der Waals surface area contributed by atoms with Gasteiger partial charge in [-0.25, -0.2) is 13.4 Å². The Hall–Kier alpha value is -3.23. The summed E-state index contributed by atoms with van der Waals surface area (Å²) >= 11 is 0. The van der Waals surface area contributed by atoms with E-state index in [1.807, 2.05) is 32.0 Å². The summed E-state index contributed by atoms with van der Waals surface area (Å²) in [5.41, 5.74) is 3.13. The summed E-state index contributed by atoms with van der Waals surface area (Å²) in [4.78, 5) is 16.8. The Morgan fingerprint density at radius 1 is 1.00 bits per heavy atom. The summed E-state index contributed by atoms with van der Waals surface area (Å²) in [6.45, 7) is 4.15. The monoisotopic (exact) mass is 440 g/mol. The highest BCUT2D eigenvalue weighted by Crippen LogP contribution is 2.23. The summed E-state index contributed by atoms with van der Waals surface area (Å²) < 4.78 is 34.9. The van der Waals surface area contributed by atoms with Gasteiger partial charge in [0.1, 0.15) is 5.75 Å². The van der Waals surface area contributed by atoms with E-state index in [0.29, 0.717) is 22.9 Å². The number of aryl methyl sites for hydroxylation is 2. The summed E-state index contributed by atoms with van der Waals surface area (Å²) in [6, 6.07) is 14.9. The third kappa shape index (κ3) is 5.90. The number of benzene rings is 2. The SMILES string of the molecule is COCCS(=O)(=O)c1ccc(C(=O)Nc2ccc(Oc3ccc(C)c(C)c3)nc2)cc1. The molecule has 0 aliphatic carbocycles. The van der Waals surface area contributed by atoms with Crippen molar-refractivity contribution >= 4 is 21.4 Å². The van der Waals surface area contributed by atoms with Gasteiger partial charge in [0.05, 0.1) is 29.1 Å². The van der Waals surface area contributed by atoms with Crippen molar-refractivity contribution < 1.29 is 22.7 Å². The predicted molar refractivity (Wildman–Crippen MR) is 119 cm³/mol. The standard InChI is InChI=1S/C23H24N2O5S/c1-16-4-8-20(14-17(16)2)30-22-11-7-19(15-24-22)25-23(26)18-5-9-21(10-6-18)31(27,28)13-12-29-3/h4-11,14-15H,12-13H2,1-3H3,(H,25,26). The van der Waals surface area contributed by atoms with Crippen LogP contribution >= 0.6 is 0 Å². The second kappa shape index (κ2) is 9.72. The van der Waals surface area contributed by atoms with Crippen LogP contribution in [-0.4, -0.2) is 38.8 Å². The number of ether oxygens (including phenoxy) is 2. The number of aromatic nitrogens is 1. The van der Waals surface area contributed by atoms with Crippen LogP contribution in [0.3, 0.4) is 0 Å². The Balaban J connectivity index is 1.63. The average Bonchev–Trinajstić information content (AvgIpc) is 2.76. The van der Waals surface area contributed by atoms with Gasteiger partial charge in [-0.1, -0.05) is 6.07 Å². The molecule has 162 valence electrons. The van der Waals surface area contributed by atoms with Crippen LogP contribution in [0.5, 0.6) is 11.6 Å². The molecule has 8 heteroatoms. The van der Waals surface area contributed by atoms with Crippen molar-refractivity contribution in [1.82, 2.24) is 4.98 Å². The molecule has 0 aliphatic heterocycles. The van der Waals surface area contributed by atoms with Gasteiger partial charge in [-0.05, 0) is 67.4 Å². The Morgan fingerprint density at radius 2 is 1.74 bits per heavy atom. The molecule has 3 aromatic rings. The van der Waals surface area contributed by atoms with Crippen LogP contribution in [-0.2, 0) is 14.6 Å². The number of hydrogen-bond acceptors (Lipinski definition) is 6. The lowest BCUT2D eigenvalue weighted by atomic mass is 10.1. The van der Waals surface area contributed by atoms with Crippen molar-refractivity contribution in [2.45, 2.75) is 18.7 Å². The molecule has 0 atom stereocenters. The predicted octanol–water partition coefficient (Wildman–Crippen LogP) is 4.16. The first-order valence-electron chi connectivity index (χ1n) is 9.63. The fourth-order valence-electron chi connectivity index (χ4n) is 2.74. The van der Waals surface area contributed by atoms with Gasteiger partial charge in [0, 0.05) is 18.7 Å². The van der Waals surface area contributed by atoms with Crippen LogP contribution in [0.15, 0.2) is 65.7 Å². The number of hydrogen-bond donors (Lipinski definition) is 1. The van der Waals surface area contributed by atoms with E-state index in [1.54, 1.807) is 12.1 Å². The third-order valence-electron chi connectivity index (χ3n) is 4.73. The maximum atomic E-state index is 12.5. The molecule has 0 saturated heterocycles. The summed E-state index contributed by atoms with van der Waals surface area (Å²) in [5.74, 6) is 0.613. The van der Waals surface area contributed by atoms with Gasteiger partial charge in [-0.2, -0.15) is 0 Å². The van der Waals surface area contributed by atoms with E-state index in [9.17, 15) is 13.2 Å². The average molecular weight is 441 g/mol. The van der Waals surface area contributed by atoms with Crippen LogP contribution in [0.2, 0.25) is 0 Å². The number of carbonyl (C=O) groups is 1. The molecule has 0 fully saturated rings. The Labute approximate surface area is 182 Å². The van der Waals surface area contributed by atoms with Gasteiger partial charge in [0.2, 0.25) is 5.88 Å². The van der Waals surface area contributed by atoms with Crippen LogP contribution < -0.4 is 10.1 Å². The molecule has 31 heavy (non-hydrogen) atoms. The maximum absolute atomic E-state index is 12.5. The number of sulfone groups is 1. The van der Waals surface area contributed by atoms with Crippen LogP contribution in [0, 0.1) is 13.8 Å². The smallest absolute Gasteiger partial charge is 0.255 e. The molecule has 1 aromatic heterocycles. The van der Waals surface area contributed by atoms with Crippen molar-refractivity contribution in [2.24, 2.45) is 0 Å². The number of rotatable bonds is 8. The molecular formula is C23H24N2O5S. The molecule has 0 unspecified atom stereocenters. The lowest BCUT2D eigenvalue weighted by Gasteiger charge is -2.09. The van der Waals surface area contributed by atoms with Crippen molar-refractivity contribution in [3.63, 3.8) is 0 Å². The Morgan fingerprint density at radius 3 is 2.35 bits per heavy atom. The van der Waals surface area contributed by atoms with Crippen LogP contribution in [0.25, 0.3) is 0 Å². The largest absolute Gasteiger partial charge is 0.439 e. The second-order valence-electron chi connectivity index (χ2n) is 7.02. The van der Waals surface area contributed by atoms with Crippen LogP contribution in [0.4, 0.5) is 5.69 Å². The van der Waals surface area contributed by atoms with E-state index in [-0.39, 0.29) is 23.2 Å². The highest BCUT2D eigenvalue weighted by molar-refractivity contribution is 7.91. The molecular weight excluding hydrogens is 416 g/mol. The lowest BCUT2D eigenvalue weighted by molar-refractivity contribution is 0.102. The topological polar surface area (TPSA) is 94.6 Å². The molecule has 0 saturated carbocycles. The number of nitrogens with one attached hydrogen (secondary N) is 1. The van der Waals surface area contributed by atoms with E-state index in [2.05, 4.69) is 10.3 Å². The van der Waals surface area contributed by atoms with Crippen LogP contribution in [0.1, 0.15) is 21.5 Å². The van der Waals surface area contributed by atoms with Crippen molar-refractivity contribution in [2.75, 3.05) is 24.8 Å². The highest BCUT2D eigenvalue weighted by Gasteiger charge is 2.15. The first-order chi connectivity index (χ1) is 14.8. The molecule has 0 aliphatic rings. The number of anilines is 1. The summed E-state index contributed by atoms with van der Waals surface area (Å²) in [7, 11) is -2.00. The summed E-state index contributed by atoms with van der Waals surface area (Å²) in [5, 5.41) is 2.73. The number of pyridine rings is 1. The van der Waals surface area contributed by atoms with E-state index < -0.39 is 9.84 Å². The van der Waals surface area contributed by atoms with E-state index >= 15 is 0 Å². The van der Waals surface area contributed by atoms with Crippen molar-refractivity contribution in [3.05, 3.63) is 77.5 Å². The zero-order valence-electron chi connectivity index (χ0n) is 17.6. The summed E-state index contributed by atoms with van der Waals surface area (Å²) in [6.07, 6.45) is 1.50. The van der Waals surface area contributed by atoms with Gasteiger partial charge >= 0.3 is 0 Å². The number of amides is 1. The number of methoxy groups -OCH3 is 1. The molecule has 0 bridgehead atoms. The fraction of sp³-hybridized carbons (Fsp3) is 0.217. The molecule has 0 radical (unpaired) electrons. The van der Waals surface area contributed by atoms with Gasteiger partial charge < -0.3 is 14.8 Å². The normalized spacial score (nSPS) is 11.2. The van der Waals surface area contributed by atoms with Gasteiger partial charge in [-0.3, -0.25) is 4.79 Å². The fourth-order valence-corrected chi connectivity index (χ4v) is 3.91. The quantitative estimate of drug-likeness (QED) is 0.565. The first kappa shape index (κ1) is 22.5. The maximum Gasteiger partial charge on any atom is 0.255 e. The van der Waals surface area contributed by atoms with Crippen molar-refractivity contribution in [3.8, 4) is 11.6 Å². The third-order valence-corrected chi connectivity index (χ3v) is 6.42. The van der Waals surface area contributed by atoms with E-state index in [4.69, 9.17) is 9.47 Å². The molecule has 3 rings (SSSR count). The minimum absolute atomic E-state index is 0.112. The number of nitrogens with zero attached hydrogens (tertiary/aromatic N) is 1.